The Balaban J connectivity index is 2.34. The number of amides is 1. The monoisotopic (exact) mass is 246 g/mol. The fraction of sp³-hybridized carbons (Fsp3) is 0.909. The summed E-state index contributed by atoms with van der Waals surface area (Å²) >= 11 is 0. The van der Waals surface area contributed by atoms with Crippen LogP contribution in [0.5, 0.6) is 0 Å². The molecule has 1 rings (SSSR count). The highest BCUT2D eigenvalue weighted by atomic mass is 32.2. The van der Waals surface area contributed by atoms with Crippen LogP contribution in [0.2, 0.25) is 0 Å². The minimum atomic E-state index is -0.792. The molecule has 1 aliphatic heterocycles. The van der Waals surface area contributed by atoms with Crippen LogP contribution < -0.4 is 5.32 Å². The summed E-state index contributed by atoms with van der Waals surface area (Å²) in [5.74, 6) is 0.205. The van der Waals surface area contributed by atoms with Crippen LogP contribution in [0.1, 0.15) is 33.1 Å². The van der Waals surface area contributed by atoms with Gasteiger partial charge in [0.25, 0.3) is 0 Å². The molecule has 0 saturated carbocycles. The van der Waals surface area contributed by atoms with Crippen molar-refractivity contribution in [3.8, 4) is 0 Å². The second-order valence-corrected chi connectivity index (χ2v) is 6.20. The van der Waals surface area contributed by atoms with Crippen molar-refractivity contribution < 1.29 is 9.00 Å². The largest absolute Gasteiger partial charge is 0.329 e. The molecule has 0 aromatic heterocycles. The Kier molecular flexibility index (Phi) is 5.41. The Labute approximate surface area is 100 Å². The third kappa shape index (κ3) is 3.56. The normalized spacial score (nSPS) is 24.8. The van der Waals surface area contributed by atoms with Gasteiger partial charge in [-0.2, -0.15) is 0 Å². The summed E-state index contributed by atoms with van der Waals surface area (Å²) in [7, 11) is -0.792. The lowest BCUT2D eigenvalue weighted by Gasteiger charge is -2.17. The highest BCUT2D eigenvalue weighted by Gasteiger charge is 2.29. The molecule has 3 unspecified atom stereocenters. The van der Waals surface area contributed by atoms with Gasteiger partial charge in [-0.25, -0.2) is 0 Å². The van der Waals surface area contributed by atoms with E-state index in [1.165, 1.54) is 0 Å². The Hall–Kier alpha value is -0.420. The molecule has 3 atom stereocenters. The molecule has 1 N–H and O–H groups in total. The van der Waals surface area contributed by atoms with Crippen molar-refractivity contribution in [2.45, 2.75) is 44.4 Å². The van der Waals surface area contributed by atoms with Crippen molar-refractivity contribution >= 4 is 16.7 Å². The summed E-state index contributed by atoms with van der Waals surface area (Å²) in [6.45, 7) is 5.41. The zero-order valence-corrected chi connectivity index (χ0v) is 11.2. The molecular formula is C11H22N2O2S. The van der Waals surface area contributed by atoms with Gasteiger partial charge in [-0.1, -0.05) is 20.3 Å². The van der Waals surface area contributed by atoms with Crippen LogP contribution in [0.25, 0.3) is 0 Å². The van der Waals surface area contributed by atoms with E-state index < -0.39 is 10.8 Å². The van der Waals surface area contributed by atoms with Crippen LogP contribution in [-0.2, 0) is 15.6 Å². The van der Waals surface area contributed by atoms with E-state index in [2.05, 4.69) is 12.2 Å². The number of rotatable bonds is 6. The van der Waals surface area contributed by atoms with Crippen LogP contribution in [-0.4, -0.2) is 45.8 Å². The molecule has 0 radical (unpaired) electrons. The second kappa shape index (κ2) is 6.35. The minimum Gasteiger partial charge on any atom is -0.329 e. The molecule has 0 aromatic rings. The zero-order chi connectivity index (χ0) is 12.1. The number of hydrogen-bond acceptors (Lipinski definition) is 3. The molecule has 1 saturated heterocycles. The predicted octanol–water partition coefficient (Wildman–Crippen LogP) is 0.702. The van der Waals surface area contributed by atoms with Crippen molar-refractivity contribution in [2.24, 2.45) is 0 Å². The lowest BCUT2D eigenvalue weighted by atomic mass is 10.1. The van der Waals surface area contributed by atoms with E-state index in [0.29, 0.717) is 13.2 Å². The minimum absolute atomic E-state index is 0.00688. The summed E-state index contributed by atoms with van der Waals surface area (Å²) in [5, 5.41) is 3.38. The van der Waals surface area contributed by atoms with Gasteiger partial charge in [0.05, 0.1) is 12.7 Å². The average molecular weight is 246 g/mol. The van der Waals surface area contributed by atoms with Gasteiger partial charge >= 0.3 is 0 Å². The van der Waals surface area contributed by atoms with Gasteiger partial charge in [-0.15, -0.1) is 0 Å². The van der Waals surface area contributed by atoms with E-state index >= 15 is 0 Å². The highest BCUT2D eigenvalue weighted by molar-refractivity contribution is 7.84. The molecule has 0 aliphatic carbocycles. The van der Waals surface area contributed by atoms with Crippen LogP contribution in [0, 0.1) is 0 Å². The Bertz CT molecular complexity index is 271. The van der Waals surface area contributed by atoms with E-state index in [-0.39, 0.29) is 17.2 Å². The number of nitrogens with one attached hydrogen (secondary N) is 1. The van der Waals surface area contributed by atoms with Crippen molar-refractivity contribution in [2.75, 3.05) is 19.5 Å². The molecular weight excluding hydrogens is 224 g/mol. The SMILES string of the molecule is CCCC1NCN(CCC(C)S(C)=O)C1=O. The highest BCUT2D eigenvalue weighted by Crippen LogP contribution is 2.10. The van der Waals surface area contributed by atoms with E-state index in [4.69, 9.17) is 0 Å². The maximum Gasteiger partial charge on any atom is 0.240 e. The van der Waals surface area contributed by atoms with E-state index in [1.807, 2.05) is 11.8 Å². The first-order valence-electron chi connectivity index (χ1n) is 5.90. The first kappa shape index (κ1) is 13.6. The van der Waals surface area contributed by atoms with Crippen LogP contribution in [0.3, 0.4) is 0 Å². The first-order valence-corrected chi connectivity index (χ1v) is 7.52. The molecule has 0 spiro atoms. The Morgan fingerprint density at radius 3 is 2.88 bits per heavy atom. The molecule has 16 heavy (non-hydrogen) atoms. The van der Waals surface area contributed by atoms with Gasteiger partial charge in [0, 0.05) is 28.9 Å². The van der Waals surface area contributed by atoms with Gasteiger partial charge in [0.15, 0.2) is 0 Å². The van der Waals surface area contributed by atoms with Crippen LogP contribution >= 0.6 is 0 Å². The molecule has 1 heterocycles. The average Bonchev–Trinajstić information content (AvgIpc) is 2.58. The van der Waals surface area contributed by atoms with E-state index in [0.717, 1.165) is 19.3 Å². The maximum atomic E-state index is 11.9. The quantitative estimate of drug-likeness (QED) is 0.750. The summed E-state index contributed by atoms with van der Waals surface area (Å²) in [4.78, 5) is 13.7. The molecule has 0 bridgehead atoms. The van der Waals surface area contributed by atoms with Crippen molar-refractivity contribution in [3.05, 3.63) is 0 Å². The number of carbonyl (C=O) groups excluding carboxylic acids is 1. The Morgan fingerprint density at radius 2 is 2.31 bits per heavy atom. The van der Waals surface area contributed by atoms with Crippen LogP contribution in [0.15, 0.2) is 0 Å². The molecule has 1 fully saturated rings. The van der Waals surface area contributed by atoms with Gasteiger partial charge in [0.2, 0.25) is 5.91 Å². The van der Waals surface area contributed by atoms with Gasteiger partial charge in [-0.3, -0.25) is 14.3 Å². The van der Waals surface area contributed by atoms with Gasteiger partial charge < -0.3 is 4.90 Å². The standard InChI is InChI=1S/C11H22N2O2S/c1-4-5-10-11(14)13(8-12-10)7-6-9(2)16(3)15/h9-10,12H,4-8H2,1-3H3. The van der Waals surface area contributed by atoms with Crippen molar-refractivity contribution in [3.63, 3.8) is 0 Å². The first-order chi connectivity index (χ1) is 7.56. The second-order valence-electron chi connectivity index (χ2n) is 4.40. The van der Waals surface area contributed by atoms with Crippen LogP contribution in [0.4, 0.5) is 0 Å². The molecule has 4 nitrogen and oxygen atoms in total. The molecule has 94 valence electrons. The lowest BCUT2D eigenvalue weighted by Crippen LogP contribution is -2.32. The summed E-state index contributed by atoms with van der Waals surface area (Å²) in [6, 6.07) is 0.00688. The molecule has 1 amide bonds. The van der Waals surface area contributed by atoms with Crippen molar-refractivity contribution in [1.29, 1.82) is 0 Å². The third-order valence-corrected chi connectivity index (χ3v) is 4.46. The topological polar surface area (TPSA) is 49.4 Å². The fourth-order valence-corrected chi connectivity index (χ4v) is 2.25. The van der Waals surface area contributed by atoms with Gasteiger partial charge in [-0.05, 0) is 12.8 Å². The third-order valence-electron chi connectivity index (χ3n) is 3.09. The van der Waals surface area contributed by atoms with E-state index in [1.54, 1.807) is 6.26 Å². The number of nitrogens with zero attached hydrogens (tertiary/aromatic N) is 1. The zero-order valence-electron chi connectivity index (χ0n) is 10.4. The summed E-state index contributed by atoms with van der Waals surface area (Å²) < 4.78 is 11.2. The molecule has 5 heteroatoms. The fourth-order valence-electron chi connectivity index (χ4n) is 1.81. The number of hydrogen-bond donors (Lipinski definition) is 1. The van der Waals surface area contributed by atoms with Crippen molar-refractivity contribution in [1.82, 2.24) is 10.2 Å². The van der Waals surface area contributed by atoms with Gasteiger partial charge in [0.1, 0.15) is 0 Å². The number of carbonyl (C=O) groups is 1. The predicted molar refractivity (Wildman–Crippen MR) is 66.6 cm³/mol. The summed E-state index contributed by atoms with van der Waals surface area (Å²) in [6.07, 6.45) is 4.46. The van der Waals surface area contributed by atoms with E-state index in [9.17, 15) is 9.00 Å². The molecule has 0 aromatic carbocycles. The molecule has 1 aliphatic rings. The summed E-state index contributed by atoms with van der Waals surface area (Å²) in [5.41, 5.74) is 0. The smallest absolute Gasteiger partial charge is 0.240 e. The lowest BCUT2D eigenvalue weighted by molar-refractivity contribution is -0.129. The Morgan fingerprint density at radius 1 is 1.62 bits per heavy atom. The maximum absolute atomic E-state index is 11.9.